The summed E-state index contributed by atoms with van der Waals surface area (Å²) in [7, 11) is 1.89. The van der Waals surface area contributed by atoms with Gasteiger partial charge in [-0.25, -0.2) is 0 Å². The van der Waals surface area contributed by atoms with Crippen molar-refractivity contribution in [2.24, 2.45) is 7.05 Å². The molecule has 0 saturated heterocycles. The van der Waals surface area contributed by atoms with Crippen molar-refractivity contribution in [3.8, 4) is 11.4 Å². The summed E-state index contributed by atoms with van der Waals surface area (Å²) in [6.45, 7) is 4.32. The van der Waals surface area contributed by atoms with Crippen molar-refractivity contribution in [2.45, 2.75) is 24.9 Å². The molecule has 146 valence electrons. The Kier molecular flexibility index (Phi) is 6.65. The Morgan fingerprint density at radius 3 is 2.50 bits per heavy atom. The average molecular weight is 435 g/mol. The number of nitrogens with zero attached hydrogens (tertiary/aromatic N) is 3. The summed E-state index contributed by atoms with van der Waals surface area (Å²) >= 11 is 13.3. The zero-order valence-electron chi connectivity index (χ0n) is 15.7. The molecule has 0 unspecified atom stereocenters. The van der Waals surface area contributed by atoms with E-state index in [0.717, 1.165) is 11.4 Å². The first-order valence-corrected chi connectivity index (χ1v) is 10.5. The Morgan fingerprint density at radius 1 is 1.14 bits per heavy atom. The third-order valence-corrected chi connectivity index (χ3v) is 5.78. The summed E-state index contributed by atoms with van der Waals surface area (Å²) in [4.78, 5) is 12.2. The fraction of sp³-hybridized carbons (Fsp3) is 0.250. The van der Waals surface area contributed by atoms with E-state index in [2.05, 4.69) is 41.5 Å². The Balaban J connectivity index is 1.64. The second-order valence-corrected chi connectivity index (χ2v) is 8.39. The van der Waals surface area contributed by atoms with Crippen LogP contribution in [0, 0.1) is 0 Å². The lowest BCUT2D eigenvalue weighted by atomic mass is 10.0. The van der Waals surface area contributed by atoms with Gasteiger partial charge in [0.15, 0.2) is 11.0 Å². The highest BCUT2D eigenvalue weighted by molar-refractivity contribution is 7.99. The van der Waals surface area contributed by atoms with Gasteiger partial charge >= 0.3 is 0 Å². The van der Waals surface area contributed by atoms with E-state index >= 15 is 0 Å². The monoisotopic (exact) mass is 434 g/mol. The first kappa shape index (κ1) is 20.7. The van der Waals surface area contributed by atoms with Gasteiger partial charge in [-0.15, -0.1) is 10.2 Å². The van der Waals surface area contributed by atoms with Crippen molar-refractivity contribution in [3.05, 3.63) is 58.1 Å². The number of nitrogens with one attached hydrogen (secondary N) is 1. The summed E-state index contributed by atoms with van der Waals surface area (Å²) in [6, 6.07) is 13.2. The predicted molar refractivity (Wildman–Crippen MR) is 116 cm³/mol. The summed E-state index contributed by atoms with van der Waals surface area (Å²) in [6.07, 6.45) is 0. The van der Waals surface area contributed by atoms with Gasteiger partial charge in [0.1, 0.15) is 0 Å². The molecule has 0 aliphatic carbocycles. The van der Waals surface area contributed by atoms with Crippen LogP contribution in [0.2, 0.25) is 10.0 Å². The normalized spacial score (nSPS) is 11.1. The fourth-order valence-corrected chi connectivity index (χ4v) is 3.78. The molecule has 0 bridgehead atoms. The molecular weight excluding hydrogens is 415 g/mol. The van der Waals surface area contributed by atoms with Gasteiger partial charge in [0.25, 0.3) is 0 Å². The molecule has 3 rings (SSSR count). The van der Waals surface area contributed by atoms with Crippen LogP contribution in [0.4, 0.5) is 5.69 Å². The van der Waals surface area contributed by atoms with Crippen LogP contribution in [-0.2, 0) is 11.8 Å². The largest absolute Gasteiger partial charge is 0.324 e. The second kappa shape index (κ2) is 8.99. The second-order valence-electron chi connectivity index (χ2n) is 6.60. The van der Waals surface area contributed by atoms with Crippen molar-refractivity contribution in [1.82, 2.24) is 14.8 Å². The quantitative estimate of drug-likeness (QED) is 0.509. The minimum absolute atomic E-state index is 0.181. The zero-order valence-corrected chi connectivity index (χ0v) is 18.1. The number of anilines is 1. The van der Waals surface area contributed by atoms with Crippen molar-refractivity contribution < 1.29 is 4.79 Å². The third-order valence-electron chi connectivity index (χ3n) is 4.21. The first-order valence-electron chi connectivity index (χ1n) is 8.72. The van der Waals surface area contributed by atoms with E-state index in [1.807, 2.05) is 23.7 Å². The molecule has 28 heavy (non-hydrogen) atoms. The number of thioether (sulfide) groups is 1. The molecule has 1 amide bonds. The average Bonchev–Trinajstić information content (AvgIpc) is 3.03. The minimum Gasteiger partial charge on any atom is -0.324 e. The number of hydrogen-bond donors (Lipinski definition) is 1. The molecule has 1 aromatic heterocycles. The summed E-state index contributed by atoms with van der Waals surface area (Å²) in [5, 5.41) is 12.8. The molecule has 5 nitrogen and oxygen atoms in total. The van der Waals surface area contributed by atoms with Gasteiger partial charge in [-0.05, 0) is 29.7 Å². The van der Waals surface area contributed by atoms with Crippen LogP contribution in [0.3, 0.4) is 0 Å². The predicted octanol–water partition coefficient (Wildman–Crippen LogP) is 5.64. The topological polar surface area (TPSA) is 59.8 Å². The first-order chi connectivity index (χ1) is 13.3. The minimum atomic E-state index is -0.181. The van der Waals surface area contributed by atoms with E-state index < -0.39 is 0 Å². The van der Waals surface area contributed by atoms with Crippen molar-refractivity contribution in [1.29, 1.82) is 0 Å². The SMILES string of the molecule is CC(C)c1ccc(-c2nnc(SCC(=O)Nc3ccc(Cl)cc3Cl)n2C)cc1. The number of hydrogen-bond acceptors (Lipinski definition) is 4. The number of carbonyl (C=O) groups is 1. The maximum absolute atomic E-state index is 12.2. The van der Waals surface area contributed by atoms with Gasteiger partial charge in [-0.1, -0.05) is 73.1 Å². The van der Waals surface area contributed by atoms with E-state index in [-0.39, 0.29) is 11.7 Å². The van der Waals surface area contributed by atoms with Gasteiger partial charge < -0.3 is 9.88 Å². The highest BCUT2D eigenvalue weighted by Gasteiger charge is 2.14. The molecule has 0 spiro atoms. The number of carbonyl (C=O) groups excluding carboxylic acids is 1. The molecule has 8 heteroatoms. The van der Waals surface area contributed by atoms with Gasteiger partial charge in [0.05, 0.1) is 16.5 Å². The van der Waals surface area contributed by atoms with E-state index in [0.29, 0.717) is 26.8 Å². The van der Waals surface area contributed by atoms with E-state index in [4.69, 9.17) is 23.2 Å². The smallest absolute Gasteiger partial charge is 0.234 e. The van der Waals surface area contributed by atoms with Crippen LogP contribution in [0.5, 0.6) is 0 Å². The van der Waals surface area contributed by atoms with Crippen LogP contribution in [0.1, 0.15) is 25.3 Å². The van der Waals surface area contributed by atoms with Gasteiger partial charge in [0.2, 0.25) is 5.91 Å². The number of benzene rings is 2. The maximum Gasteiger partial charge on any atom is 0.234 e. The lowest BCUT2D eigenvalue weighted by Gasteiger charge is -2.08. The van der Waals surface area contributed by atoms with Crippen molar-refractivity contribution in [3.63, 3.8) is 0 Å². The highest BCUT2D eigenvalue weighted by atomic mass is 35.5. The number of aromatic nitrogens is 3. The standard InChI is InChI=1S/C20H20Cl2N4OS/c1-12(2)13-4-6-14(7-5-13)19-24-25-20(26(19)3)28-11-18(27)23-17-9-8-15(21)10-16(17)22/h4-10,12H,11H2,1-3H3,(H,23,27). The highest BCUT2D eigenvalue weighted by Crippen LogP contribution is 2.27. The molecule has 0 radical (unpaired) electrons. The lowest BCUT2D eigenvalue weighted by molar-refractivity contribution is -0.113. The summed E-state index contributed by atoms with van der Waals surface area (Å²) < 4.78 is 1.89. The maximum atomic E-state index is 12.2. The summed E-state index contributed by atoms with van der Waals surface area (Å²) in [5.41, 5.74) is 2.79. The van der Waals surface area contributed by atoms with Crippen LogP contribution in [0.25, 0.3) is 11.4 Å². The lowest BCUT2D eigenvalue weighted by Crippen LogP contribution is -2.14. The van der Waals surface area contributed by atoms with Gasteiger partial charge in [-0.2, -0.15) is 0 Å². The Labute approximate surface area is 178 Å². The summed E-state index contributed by atoms with van der Waals surface area (Å²) in [5.74, 6) is 1.25. The van der Waals surface area contributed by atoms with E-state index in [1.165, 1.54) is 17.3 Å². The van der Waals surface area contributed by atoms with Gasteiger partial charge in [0, 0.05) is 17.6 Å². The molecule has 2 aromatic carbocycles. The van der Waals surface area contributed by atoms with Crippen LogP contribution in [0.15, 0.2) is 47.6 Å². The molecule has 1 N–H and O–H groups in total. The molecule has 0 saturated carbocycles. The van der Waals surface area contributed by atoms with Crippen molar-refractivity contribution in [2.75, 3.05) is 11.1 Å². The Hall–Kier alpha value is -2.02. The molecule has 0 aliphatic rings. The van der Waals surface area contributed by atoms with Gasteiger partial charge in [-0.3, -0.25) is 4.79 Å². The number of amides is 1. The molecule has 0 aliphatic heterocycles. The molecule has 3 aromatic rings. The zero-order chi connectivity index (χ0) is 20.3. The Bertz CT molecular complexity index is 986. The van der Waals surface area contributed by atoms with E-state index in [9.17, 15) is 4.79 Å². The third kappa shape index (κ3) is 4.87. The molecule has 0 atom stereocenters. The van der Waals surface area contributed by atoms with Crippen LogP contribution < -0.4 is 5.32 Å². The molecular formula is C20H20Cl2N4OS. The molecule has 1 heterocycles. The van der Waals surface area contributed by atoms with Crippen LogP contribution >= 0.6 is 35.0 Å². The Morgan fingerprint density at radius 2 is 1.86 bits per heavy atom. The number of rotatable bonds is 6. The van der Waals surface area contributed by atoms with Crippen molar-refractivity contribution >= 4 is 46.6 Å². The van der Waals surface area contributed by atoms with Crippen LogP contribution in [-0.4, -0.2) is 26.4 Å². The van der Waals surface area contributed by atoms with E-state index in [1.54, 1.807) is 18.2 Å². The molecule has 0 fully saturated rings. The number of halogens is 2. The fourth-order valence-electron chi connectivity index (χ4n) is 2.62.